The van der Waals surface area contributed by atoms with Crippen LogP contribution in [0.2, 0.25) is 0 Å². The summed E-state index contributed by atoms with van der Waals surface area (Å²) in [5.74, 6) is -2.62. The van der Waals surface area contributed by atoms with E-state index in [0.717, 1.165) is 57.7 Å². The third-order valence-electron chi connectivity index (χ3n) is 11.1. The van der Waals surface area contributed by atoms with Gasteiger partial charge in [-0.2, -0.15) is 0 Å². The Morgan fingerprint density at radius 1 is 0.588 bits per heavy atom. The fourth-order valence-corrected chi connectivity index (χ4v) is 7.23. The number of ether oxygens (including phenoxy) is 4. The zero-order chi connectivity index (χ0) is 60.2. The molecule has 0 aromatic heterocycles. The Bertz CT molecular complexity index is 1890. The minimum atomic E-state index is -0.722. The molecule has 0 fully saturated rings. The maximum absolute atomic E-state index is 12.4. The number of likely N-dealkylation sites (N-methyl/N-ethyl adjacent to an activating group) is 1. The molecular formula is C62H110N3O14Pd-. The molecule has 1 aromatic carbocycles. The van der Waals surface area contributed by atoms with Crippen LogP contribution >= 0.6 is 0 Å². The van der Waals surface area contributed by atoms with Crippen LogP contribution in [0, 0.1) is 7.43 Å². The predicted molar refractivity (Wildman–Crippen MR) is 316 cm³/mol. The minimum absolute atomic E-state index is 0. The Labute approximate surface area is 497 Å². The molecule has 0 saturated carbocycles. The first-order chi connectivity index (χ1) is 36.6. The molecule has 17 nitrogen and oxygen atoms in total. The standard InChI is InChI=1S/C28H47NO5.C17H25NO4.C10H20O2.C5H11NO2.CH4O.CH3.Pd/c1-6-7-8-9-10-11-12-13-14-15-16-18-22-26(32)23(21-24(30)27(22)33)29(5)20-17-19-25(31)34-28(2,3)4;1-17(2,3)22-15(19)11-8-12-18(4)16(20)21-13-14-9-6-5-7-10-14;1-5-6-7-8-9(11)12-10(2,3)4;1-6-4-2-3-5(7)8;1-2;;/h21,32H,6-20H2,1-5H3;5-7,9-10H,8,11-13H2,1-4H3;5-8H2,1-4H3;6H,2-4H2,1H3,(H,7,8);2H,1H3;1H3;/q;;;;;-1;. The number of nitrogens with zero attached hydrogens (tertiary/aromatic N) is 2. The molecule has 4 N–H and O–H groups in total. The molecule has 1 aromatic rings. The third-order valence-corrected chi connectivity index (χ3v) is 11.1. The number of aliphatic hydroxyl groups is 2. The molecule has 1 aliphatic carbocycles. The van der Waals surface area contributed by atoms with Crippen molar-refractivity contribution in [2.24, 2.45) is 0 Å². The number of nitrogens with one attached hydrogen (secondary N) is 1. The van der Waals surface area contributed by atoms with Crippen molar-refractivity contribution in [2.45, 2.75) is 241 Å². The molecule has 0 atom stereocenters. The number of carboxylic acids is 1. The maximum atomic E-state index is 12.4. The molecule has 0 aliphatic heterocycles. The molecule has 2 rings (SSSR count). The Balaban J connectivity index is -0.000000348. The average molecular weight is 1230 g/mol. The molecule has 0 radical (unpaired) electrons. The van der Waals surface area contributed by atoms with Crippen molar-refractivity contribution in [3.63, 3.8) is 0 Å². The zero-order valence-electron chi connectivity index (χ0n) is 52.4. The summed E-state index contributed by atoms with van der Waals surface area (Å²) < 4.78 is 20.9. The van der Waals surface area contributed by atoms with Crippen LogP contribution in [-0.2, 0) is 74.7 Å². The number of hydrogen-bond acceptors (Lipinski definition) is 15. The van der Waals surface area contributed by atoms with Crippen molar-refractivity contribution in [1.29, 1.82) is 0 Å². The monoisotopic (exact) mass is 1230 g/mol. The van der Waals surface area contributed by atoms with Crippen LogP contribution < -0.4 is 5.32 Å². The number of benzene rings is 1. The van der Waals surface area contributed by atoms with Crippen LogP contribution in [0.1, 0.15) is 223 Å². The summed E-state index contributed by atoms with van der Waals surface area (Å²) in [7, 11) is 6.21. The van der Waals surface area contributed by atoms with Gasteiger partial charge in [-0.3, -0.25) is 28.8 Å². The number of aliphatic carboxylic acids is 1. The van der Waals surface area contributed by atoms with Crippen LogP contribution in [-0.4, -0.2) is 131 Å². The van der Waals surface area contributed by atoms with E-state index in [1.807, 2.05) is 99.7 Å². The normalized spacial score (nSPS) is 11.8. The number of ketones is 2. The largest absolute Gasteiger partial charge is 0.505 e. The molecule has 0 spiro atoms. The Morgan fingerprint density at radius 2 is 1.00 bits per heavy atom. The summed E-state index contributed by atoms with van der Waals surface area (Å²) in [5, 5.41) is 28.7. The molecule has 18 heteroatoms. The van der Waals surface area contributed by atoms with Gasteiger partial charge in [0.05, 0.1) is 5.70 Å². The van der Waals surface area contributed by atoms with Crippen molar-refractivity contribution < 1.29 is 88.3 Å². The fraction of sp³-hybridized carbons (Fsp3) is 0.710. The summed E-state index contributed by atoms with van der Waals surface area (Å²) in [4.78, 5) is 84.0. The van der Waals surface area contributed by atoms with Crippen LogP contribution in [0.4, 0.5) is 4.79 Å². The van der Waals surface area contributed by atoms with E-state index in [2.05, 4.69) is 19.2 Å². The second-order valence-electron chi connectivity index (χ2n) is 22.2. The summed E-state index contributed by atoms with van der Waals surface area (Å²) in [6.45, 7) is 22.9. The van der Waals surface area contributed by atoms with Gasteiger partial charge in [0.15, 0.2) is 0 Å². The minimum Gasteiger partial charge on any atom is -0.505 e. The molecule has 468 valence electrons. The van der Waals surface area contributed by atoms with Crippen LogP contribution in [0.15, 0.2) is 53.4 Å². The number of amides is 1. The maximum Gasteiger partial charge on any atom is 0.409 e. The number of allylic oxidation sites excluding steroid dienone is 2. The van der Waals surface area contributed by atoms with Gasteiger partial charge in [0.2, 0.25) is 11.6 Å². The van der Waals surface area contributed by atoms with Crippen molar-refractivity contribution >= 4 is 41.5 Å². The first kappa shape index (κ1) is 84.2. The van der Waals surface area contributed by atoms with Gasteiger partial charge in [-0.1, -0.05) is 121 Å². The van der Waals surface area contributed by atoms with E-state index < -0.39 is 34.8 Å². The van der Waals surface area contributed by atoms with Gasteiger partial charge in [-0.15, -0.1) is 0 Å². The van der Waals surface area contributed by atoms with E-state index in [9.17, 15) is 38.7 Å². The molecule has 0 bridgehead atoms. The number of unbranched alkanes of at least 4 members (excludes halogenated alkanes) is 12. The third kappa shape index (κ3) is 51.5. The van der Waals surface area contributed by atoms with E-state index in [4.69, 9.17) is 29.2 Å². The number of Topliss-reactive ketones (excluding diaryl/α,β-unsaturated/α-hetero) is 1. The first-order valence-electron chi connectivity index (χ1n) is 28.4. The van der Waals surface area contributed by atoms with Crippen molar-refractivity contribution in [2.75, 3.05) is 47.9 Å². The van der Waals surface area contributed by atoms with E-state index >= 15 is 0 Å². The quantitative estimate of drug-likeness (QED) is 0.0103. The van der Waals surface area contributed by atoms with E-state index in [-0.39, 0.29) is 88.6 Å². The van der Waals surface area contributed by atoms with Gasteiger partial charge in [0.1, 0.15) is 29.2 Å². The summed E-state index contributed by atoms with van der Waals surface area (Å²) in [6.07, 6.45) is 20.8. The molecular weight excluding hydrogens is 1120 g/mol. The van der Waals surface area contributed by atoms with Crippen molar-refractivity contribution in [3.8, 4) is 0 Å². The number of carbonyl (C=O) groups is 7. The van der Waals surface area contributed by atoms with Gasteiger partial charge >= 0.3 is 30.0 Å². The summed E-state index contributed by atoms with van der Waals surface area (Å²) >= 11 is 0. The smallest absolute Gasteiger partial charge is 0.409 e. The second kappa shape index (κ2) is 50.1. The van der Waals surface area contributed by atoms with E-state index in [1.165, 1.54) is 62.3 Å². The van der Waals surface area contributed by atoms with Gasteiger partial charge in [-0.25, -0.2) is 4.79 Å². The van der Waals surface area contributed by atoms with Gasteiger partial charge in [-0.05, 0) is 120 Å². The molecule has 80 heavy (non-hydrogen) atoms. The number of carboxylic acid groups (broad SMARTS) is 1. The molecule has 0 heterocycles. The SMILES string of the molecule is CCCCCC(=O)OC(C)(C)C.CCCCCCCCCCCCCC1=C(O)C(N(C)CCCC(=O)OC(C)(C)C)=CC(=O)C1=O.CN(CCCC(=O)OC(C)(C)C)C(=O)OCc1ccccc1.CNCCCC(=O)O.CO.[CH3-].[Pd]. The second-order valence-corrected chi connectivity index (χ2v) is 22.2. The Morgan fingerprint density at radius 3 is 1.43 bits per heavy atom. The van der Waals surface area contributed by atoms with E-state index in [0.29, 0.717) is 50.9 Å². The summed E-state index contributed by atoms with van der Waals surface area (Å²) in [6, 6.07) is 9.50. The predicted octanol–water partition coefficient (Wildman–Crippen LogP) is 13.0. The van der Waals surface area contributed by atoms with Crippen LogP contribution in [0.25, 0.3) is 0 Å². The molecule has 1 aliphatic rings. The topological polar surface area (TPSA) is 236 Å². The van der Waals surface area contributed by atoms with Gasteiger partial charge < -0.3 is 56.8 Å². The number of esters is 3. The molecule has 0 saturated heterocycles. The van der Waals surface area contributed by atoms with Crippen LogP contribution in [0.5, 0.6) is 0 Å². The molecule has 1 amide bonds. The van der Waals surface area contributed by atoms with Crippen molar-refractivity contribution in [3.05, 3.63) is 66.4 Å². The molecule has 0 unspecified atom stereocenters. The first-order valence-corrected chi connectivity index (χ1v) is 28.4. The van der Waals surface area contributed by atoms with Crippen molar-refractivity contribution in [1.82, 2.24) is 15.1 Å². The number of aliphatic hydroxyl groups excluding tert-OH is 2. The number of hydrogen-bond donors (Lipinski definition) is 4. The average Bonchev–Trinajstić information content (AvgIpc) is 3.34. The van der Waals surface area contributed by atoms with E-state index in [1.54, 1.807) is 19.0 Å². The van der Waals surface area contributed by atoms with Crippen LogP contribution in [0.3, 0.4) is 0 Å². The summed E-state index contributed by atoms with van der Waals surface area (Å²) in [5.41, 5.74) is 0.189. The number of rotatable bonds is 31. The Kier molecular flexibility index (Phi) is 52.7. The Hall–Kier alpha value is -4.63. The van der Waals surface area contributed by atoms with Gasteiger partial charge in [0, 0.05) is 92.0 Å². The van der Waals surface area contributed by atoms with Gasteiger partial charge in [0.25, 0.3) is 0 Å². The number of carbonyl (C=O) groups excluding carboxylic acids is 6. The zero-order valence-corrected chi connectivity index (χ0v) is 53.9. The fourth-order valence-electron chi connectivity index (χ4n) is 7.23.